The third kappa shape index (κ3) is 7.29. The Labute approximate surface area is 63.6 Å². The van der Waals surface area contributed by atoms with Gasteiger partial charge in [-0.25, -0.2) is 0 Å². The Bertz CT molecular complexity index is 122. The highest BCUT2D eigenvalue weighted by Gasteiger charge is 1.93. The van der Waals surface area contributed by atoms with Crippen LogP contribution >= 0.6 is 11.8 Å². The van der Waals surface area contributed by atoms with Crippen LogP contribution in [0, 0.1) is 5.41 Å². The van der Waals surface area contributed by atoms with Crippen LogP contribution < -0.4 is 5.73 Å². The molecule has 0 fully saturated rings. The Kier molecular flexibility index (Phi) is 4.74. The summed E-state index contributed by atoms with van der Waals surface area (Å²) in [5.74, 6) is 0.249. The molecular formula is C5H10N2O2S. The first-order valence-electron chi connectivity index (χ1n) is 2.73. The second-order valence-corrected chi connectivity index (χ2v) is 2.69. The Morgan fingerprint density at radius 3 is 2.80 bits per heavy atom. The van der Waals surface area contributed by atoms with E-state index in [2.05, 4.69) is 4.74 Å². The van der Waals surface area contributed by atoms with Crippen LogP contribution in [0.5, 0.6) is 0 Å². The normalized spacial score (nSPS) is 8.90. The van der Waals surface area contributed by atoms with E-state index in [1.54, 1.807) is 0 Å². The van der Waals surface area contributed by atoms with Crippen LogP contribution in [0.3, 0.4) is 0 Å². The Morgan fingerprint density at radius 1 is 1.80 bits per heavy atom. The third-order valence-corrected chi connectivity index (χ3v) is 1.33. The standard InChI is InChI=1S/C5H10N2O2S/c1-4(8)9-2-3-10-5(6)7/h2-3H2,1H3,(H3,6,7). The number of amidine groups is 1. The van der Waals surface area contributed by atoms with Gasteiger partial charge in [-0.3, -0.25) is 10.2 Å². The predicted octanol–water partition coefficient (Wildman–Crippen LogP) is 0.176. The van der Waals surface area contributed by atoms with Gasteiger partial charge in [0.25, 0.3) is 0 Å². The van der Waals surface area contributed by atoms with E-state index in [0.29, 0.717) is 12.4 Å². The van der Waals surface area contributed by atoms with Crippen molar-refractivity contribution >= 4 is 22.9 Å². The Morgan fingerprint density at radius 2 is 2.40 bits per heavy atom. The zero-order valence-electron chi connectivity index (χ0n) is 5.72. The Balaban J connectivity index is 3.06. The monoisotopic (exact) mass is 162 g/mol. The minimum atomic E-state index is -0.302. The van der Waals surface area contributed by atoms with Crippen LogP contribution in [-0.2, 0) is 9.53 Å². The van der Waals surface area contributed by atoms with Gasteiger partial charge >= 0.3 is 5.97 Å². The van der Waals surface area contributed by atoms with Gasteiger partial charge in [0.05, 0.1) is 0 Å². The number of carbonyl (C=O) groups excluding carboxylic acids is 1. The second-order valence-electron chi connectivity index (χ2n) is 1.55. The van der Waals surface area contributed by atoms with E-state index in [-0.39, 0.29) is 11.1 Å². The van der Waals surface area contributed by atoms with Crippen molar-refractivity contribution in [1.29, 1.82) is 5.41 Å². The maximum Gasteiger partial charge on any atom is 0.302 e. The van der Waals surface area contributed by atoms with Crippen molar-refractivity contribution in [1.82, 2.24) is 0 Å². The molecule has 0 aromatic heterocycles. The van der Waals surface area contributed by atoms with Crippen molar-refractivity contribution in [2.24, 2.45) is 5.73 Å². The topological polar surface area (TPSA) is 76.2 Å². The molecule has 58 valence electrons. The average molecular weight is 162 g/mol. The summed E-state index contributed by atoms with van der Waals surface area (Å²) in [6, 6.07) is 0. The van der Waals surface area contributed by atoms with Gasteiger partial charge in [0.2, 0.25) is 0 Å². The first-order chi connectivity index (χ1) is 4.63. The average Bonchev–Trinajstić information content (AvgIpc) is 1.79. The molecule has 0 aliphatic rings. The zero-order chi connectivity index (χ0) is 7.98. The molecule has 0 saturated heterocycles. The fourth-order valence-corrected chi connectivity index (χ4v) is 0.724. The molecule has 0 aliphatic carbocycles. The number of ether oxygens (including phenoxy) is 1. The van der Waals surface area contributed by atoms with Crippen LogP contribution in [0.4, 0.5) is 0 Å². The molecule has 4 nitrogen and oxygen atoms in total. The molecule has 0 heterocycles. The summed E-state index contributed by atoms with van der Waals surface area (Å²) in [5, 5.41) is 6.83. The smallest absolute Gasteiger partial charge is 0.302 e. The molecule has 0 radical (unpaired) electrons. The van der Waals surface area contributed by atoms with Crippen LogP contribution in [0.1, 0.15) is 6.92 Å². The number of nitrogens with one attached hydrogen (secondary N) is 1. The maximum atomic E-state index is 10.2. The van der Waals surface area contributed by atoms with E-state index in [1.807, 2.05) is 0 Å². The number of rotatable bonds is 3. The zero-order valence-corrected chi connectivity index (χ0v) is 6.53. The molecule has 0 saturated carbocycles. The molecule has 3 N–H and O–H groups in total. The molecule has 0 atom stereocenters. The first-order valence-corrected chi connectivity index (χ1v) is 3.71. The highest BCUT2D eigenvalue weighted by Crippen LogP contribution is 1.96. The van der Waals surface area contributed by atoms with E-state index in [9.17, 15) is 4.79 Å². The van der Waals surface area contributed by atoms with Gasteiger partial charge in [-0.15, -0.1) is 0 Å². The minimum Gasteiger partial charge on any atom is -0.465 e. The first kappa shape index (κ1) is 9.29. The largest absolute Gasteiger partial charge is 0.465 e. The van der Waals surface area contributed by atoms with Crippen molar-refractivity contribution < 1.29 is 9.53 Å². The van der Waals surface area contributed by atoms with E-state index < -0.39 is 0 Å². The van der Waals surface area contributed by atoms with Gasteiger partial charge in [0.1, 0.15) is 6.61 Å². The van der Waals surface area contributed by atoms with Crippen molar-refractivity contribution in [2.75, 3.05) is 12.4 Å². The van der Waals surface area contributed by atoms with Crippen LogP contribution in [0.15, 0.2) is 0 Å². The number of esters is 1. The molecule has 10 heavy (non-hydrogen) atoms. The molecule has 0 rings (SSSR count). The number of thioether (sulfide) groups is 1. The van der Waals surface area contributed by atoms with Gasteiger partial charge in [0.15, 0.2) is 5.17 Å². The summed E-state index contributed by atoms with van der Waals surface area (Å²) in [7, 11) is 0. The second kappa shape index (κ2) is 5.10. The number of nitrogens with two attached hydrogens (primary N) is 1. The molecule has 0 aliphatic heterocycles. The van der Waals surface area contributed by atoms with Crippen LogP contribution in [0.2, 0.25) is 0 Å². The fourth-order valence-electron chi connectivity index (χ4n) is 0.337. The van der Waals surface area contributed by atoms with Crippen molar-refractivity contribution in [3.8, 4) is 0 Å². The minimum absolute atomic E-state index is 0.0483. The molecular weight excluding hydrogens is 152 g/mol. The lowest BCUT2D eigenvalue weighted by Crippen LogP contribution is -2.08. The van der Waals surface area contributed by atoms with Crippen LogP contribution in [0.25, 0.3) is 0 Å². The molecule has 5 heteroatoms. The maximum absolute atomic E-state index is 10.2. The van der Waals surface area contributed by atoms with Gasteiger partial charge in [-0.1, -0.05) is 11.8 Å². The lowest BCUT2D eigenvalue weighted by Gasteiger charge is -1.98. The van der Waals surface area contributed by atoms with Gasteiger partial charge in [-0.2, -0.15) is 0 Å². The van der Waals surface area contributed by atoms with E-state index >= 15 is 0 Å². The lowest BCUT2D eigenvalue weighted by molar-refractivity contribution is -0.140. The molecule has 0 aromatic rings. The summed E-state index contributed by atoms with van der Waals surface area (Å²) in [4.78, 5) is 10.2. The highest BCUT2D eigenvalue weighted by atomic mass is 32.2. The predicted molar refractivity (Wildman–Crippen MR) is 41.0 cm³/mol. The van der Waals surface area contributed by atoms with Crippen molar-refractivity contribution in [3.63, 3.8) is 0 Å². The number of hydrogen-bond acceptors (Lipinski definition) is 4. The SMILES string of the molecule is CC(=O)OCCSC(=N)N. The van der Waals surface area contributed by atoms with Gasteiger partial charge in [-0.05, 0) is 0 Å². The van der Waals surface area contributed by atoms with Crippen molar-refractivity contribution in [2.45, 2.75) is 6.92 Å². The van der Waals surface area contributed by atoms with E-state index in [1.165, 1.54) is 6.92 Å². The summed E-state index contributed by atoms with van der Waals surface area (Å²) in [5.41, 5.74) is 5.02. The van der Waals surface area contributed by atoms with Gasteiger partial charge in [0, 0.05) is 12.7 Å². The molecule has 0 aromatic carbocycles. The highest BCUT2D eigenvalue weighted by molar-refractivity contribution is 8.13. The fraction of sp³-hybridized carbons (Fsp3) is 0.600. The van der Waals surface area contributed by atoms with Crippen molar-refractivity contribution in [3.05, 3.63) is 0 Å². The molecule has 0 bridgehead atoms. The molecule has 0 amide bonds. The summed E-state index contributed by atoms with van der Waals surface area (Å²) < 4.78 is 4.58. The number of hydrogen-bond donors (Lipinski definition) is 2. The summed E-state index contributed by atoms with van der Waals surface area (Å²) in [6.45, 7) is 1.66. The summed E-state index contributed by atoms with van der Waals surface area (Å²) >= 11 is 1.16. The van der Waals surface area contributed by atoms with Crippen LogP contribution in [-0.4, -0.2) is 23.5 Å². The Hall–Kier alpha value is -0.710. The molecule has 0 unspecified atom stereocenters. The lowest BCUT2D eigenvalue weighted by atomic mass is 10.8. The number of carbonyl (C=O) groups is 1. The van der Waals surface area contributed by atoms with Gasteiger partial charge < -0.3 is 10.5 Å². The third-order valence-electron chi connectivity index (χ3n) is 0.646. The molecule has 0 spiro atoms. The van der Waals surface area contributed by atoms with E-state index in [0.717, 1.165) is 11.8 Å². The summed E-state index contributed by atoms with van der Waals surface area (Å²) in [6.07, 6.45) is 0. The quantitative estimate of drug-likeness (QED) is 0.268. The van der Waals surface area contributed by atoms with E-state index in [4.69, 9.17) is 11.1 Å².